The number of hydrogen-bond donors (Lipinski definition) is 0. The highest BCUT2D eigenvalue weighted by atomic mass is 35.5. The fourth-order valence-electron chi connectivity index (χ4n) is 2.60. The van der Waals surface area contributed by atoms with Gasteiger partial charge in [0.25, 0.3) is 0 Å². The zero-order valence-electron chi connectivity index (χ0n) is 11.7. The molecule has 1 saturated heterocycles. The fraction of sp³-hybridized carbons (Fsp3) is 0.312. The van der Waals surface area contributed by atoms with Crippen molar-refractivity contribution in [2.75, 3.05) is 31.1 Å². The van der Waals surface area contributed by atoms with Gasteiger partial charge in [0, 0.05) is 37.7 Å². The number of pyridine rings is 1. The third-order valence-electron chi connectivity index (χ3n) is 3.69. The predicted molar refractivity (Wildman–Crippen MR) is 83.1 cm³/mol. The molecule has 1 fully saturated rings. The van der Waals surface area contributed by atoms with Crippen LogP contribution in [0, 0.1) is 5.95 Å². The summed E-state index contributed by atoms with van der Waals surface area (Å²) in [6.07, 6.45) is 0. The quantitative estimate of drug-likeness (QED) is 0.812. The van der Waals surface area contributed by atoms with Crippen LogP contribution in [0.1, 0.15) is 5.56 Å². The van der Waals surface area contributed by atoms with E-state index < -0.39 is 5.95 Å². The van der Waals surface area contributed by atoms with E-state index in [2.05, 4.69) is 20.9 Å². The first-order valence-electron chi connectivity index (χ1n) is 7.05. The average Bonchev–Trinajstić information content (AvgIpc) is 2.48. The van der Waals surface area contributed by atoms with Crippen molar-refractivity contribution in [1.82, 2.24) is 9.88 Å². The molecule has 5 heteroatoms. The van der Waals surface area contributed by atoms with Gasteiger partial charge in [0.2, 0.25) is 5.95 Å². The Balaban J connectivity index is 1.58. The van der Waals surface area contributed by atoms with Crippen LogP contribution < -0.4 is 4.90 Å². The van der Waals surface area contributed by atoms with E-state index >= 15 is 0 Å². The minimum atomic E-state index is -0.422. The van der Waals surface area contributed by atoms with Gasteiger partial charge in [0.1, 0.15) is 5.82 Å². The molecule has 0 saturated carbocycles. The van der Waals surface area contributed by atoms with Crippen LogP contribution in [0.2, 0.25) is 5.02 Å². The Labute approximate surface area is 129 Å². The number of halogens is 2. The minimum Gasteiger partial charge on any atom is -0.354 e. The van der Waals surface area contributed by atoms with Crippen LogP contribution in [0.25, 0.3) is 0 Å². The monoisotopic (exact) mass is 305 g/mol. The maximum Gasteiger partial charge on any atom is 0.214 e. The maximum atomic E-state index is 13.2. The molecule has 0 bridgehead atoms. The van der Waals surface area contributed by atoms with E-state index in [1.54, 1.807) is 6.07 Å². The van der Waals surface area contributed by atoms with Crippen molar-refractivity contribution >= 4 is 17.4 Å². The number of hydrogen-bond acceptors (Lipinski definition) is 3. The van der Waals surface area contributed by atoms with E-state index in [-0.39, 0.29) is 0 Å². The van der Waals surface area contributed by atoms with Gasteiger partial charge in [-0.3, -0.25) is 4.90 Å². The molecule has 0 spiro atoms. The Morgan fingerprint density at radius 3 is 2.52 bits per heavy atom. The highest BCUT2D eigenvalue weighted by molar-refractivity contribution is 6.30. The first kappa shape index (κ1) is 14.3. The van der Waals surface area contributed by atoms with Crippen molar-refractivity contribution in [2.24, 2.45) is 0 Å². The number of piperazine rings is 1. The van der Waals surface area contributed by atoms with Gasteiger partial charge in [-0.05, 0) is 29.8 Å². The van der Waals surface area contributed by atoms with Crippen molar-refractivity contribution in [3.05, 3.63) is 59.0 Å². The molecule has 0 unspecified atom stereocenters. The normalized spacial score (nSPS) is 16.2. The van der Waals surface area contributed by atoms with E-state index in [9.17, 15) is 4.39 Å². The van der Waals surface area contributed by atoms with Gasteiger partial charge in [-0.25, -0.2) is 4.98 Å². The molecule has 2 heterocycles. The van der Waals surface area contributed by atoms with E-state index in [0.717, 1.165) is 43.6 Å². The highest BCUT2D eigenvalue weighted by Gasteiger charge is 2.18. The van der Waals surface area contributed by atoms with Crippen LogP contribution in [0.4, 0.5) is 10.2 Å². The largest absolute Gasteiger partial charge is 0.354 e. The number of anilines is 1. The lowest BCUT2D eigenvalue weighted by atomic mass is 10.2. The zero-order chi connectivity index (χ0) is 14.7. The van der Waals surface area contributed by atoms with Crippen LogP contribution in [-0.4, -0.2) is 36.1 Å². The molecule has 0 atom stereocenters. The number of aromatic nitrogens is 1. The zero-order valence-corrected chi connectivity index (χ0v) is 12.4. The second-order valence-electron chi connectivity index (χ2n) is 5.21. The summed E-state index contributed by atoms with van der Waals surface area (Å²) >= 11 is 6.01. The van der Waals surface area contributed by atoms with Gasteiger partial charge in [-0.15, -0.1) is 0 Å². The summed E-state index contributed by atoms with van der Waals surface area (Å²) < 4.78 is 13.2. The molecule has 0 N–H and O–H groups in total. The Morgan fingerprint density at radius 2 is 1.81 bits per heavy atom. The standard InChI is InChI=1S/C16H17ClFN3/c17-14-4-1-3-13(11-14)12-20-7-9-21(10-8-20)16-6-2-5-15(18)19-16/h1-6,11H,7-10,12H2. The van der Waals surface area contributed by atoms with Gasteiger partial charge in [0.15, 0.2) is 0 Å². The van der Waals surface area contributed by atoms with E-state index in [4.69, 9.17) is 11.6 Å². The van der Waals surface area contributed by atoms with Crippen LogP contribution in [0.15, 0.2) is 42.5 Å². The molecule has 2 aromatic rings. The molecular weight excluding hydrogens is 289 g/mol. The van der Waals surface area contributed by atoms with Crippen molar-refractivity contribution in [1.29, 1.82) is 0 Å². The molecule has 3 rings (SSSR count). The van der Waals surface area contributed by atoms with E-state index in [1.807, 2.05) is 24.3 Å². The SMILES string of the molecule is Fc1cccc(N2CCN(Cc3cccc(Cl)c3)CC2)n1. The lowest BCUT2D eigenvalue weighted by Crippen LogP contribution is -2.46. The molecule has 110 valence electrons. The summed E-state index contributed by atoms with van der Waals surface area (Å²) in [5, 5.41) is 0.773. The fourth-order valence-corrected chi connectivity index (χ4v) is 2.82. The summed E-state index contributed by atoms with van der Waals surface area (Å²) in [7, 11) is 0. The molecule has 1 aromatic heterocycles. The van der Waals surface area contributed by atoms with Crippen molar-refractivity contribution in [3.8, 4) is 0 Å². The third-order valence-corrected chi connectivity index (χ3v) is 3.93. The maximum absolute atomic E-state index is 13.2. The Kier molecular flexibility index (Phi) is 4.36. The van der Waals surface area contributed by atoms with Gasteiger partial charge < -0.3 is 4.90 Å². The highest BCUT2D eigenvalue weighted by Crippen LogP contribution is 2.17. The molecular formula is C16H17ClFN3. The lowest BCUT2D eigenvalue weighted by Gasteiger charge is -2.35. The second-order valence-corrected chi connectivity index (χ2v) is 5.65. The molecule has 0 amide bonds. The summed E-state index contributed by atoms with van der Waals surface area (Å²) in [6.45, 7) is 4.48. The molecule has 1 aliphatic rings. The van der Waals surface area contributed by atoms with Crippen LogP contribution in [0.3, 0.4) is 0 Å². The van der Waals surface area contributed by atoms with Crippen LogP contribution in [-0.2, 0) is 6.54 Å². The lowest BCUT2D eigenvalue weighted by molar-refractivity contribution is 0.249. The van der Waals surface area contributed by atoms with Gasteiger partial charge in [0.05, 0.1) is 0 Å². The smallest absolute Gasteiger partial charge is 0.214 e. The Morgan fingerprint density at radius 1 is 1.05 bits per heavy atom. The van der Waals surface area contributed by atoms with E-state index in [1.165, 1.54) is 11.6 Å². The molecule has 1 aliphatic heterocycles. The second kappa shape index (κ2) is 6.41. The number of nitrogens with zero attached hydrogens (tertiary/aromatic N) is 3. The molecule has 1 aromatic carbocycles. The van der Waals surface area contributed by atoms with Gasteiger partial charge in [-0.1, -0.05) is 29.8 Å². The summed E-state index contributed by atoms with van der Waals surface area (Å²) in [5.74, 6) is 0.297. The van der Waals surface area contributed by atoms with E-state index in [0.29, 0.717) is 0 Å². The molecule has 0 aliphatic carbocycles. The topological polar surface area (TPSA) is 19.4 Å². The summed E-state index contributed by atoms with van der Waals surface area (Å²) in [6, 6.07) is 12.9. The molecule has 3 nitrogen and oxygen atoms in total. The average molecular weight is 306 g/mol. The van der Waals surface area contributed by atoms with Gasteiger partial charge >= 0.3 is 0 Å². The molecule has 0 radical (unpaired) electrons. The summed E-state index contributed by atoms with van der Waals surface area (Å²) in [5.41, 5.74) is 1.22. The Bertz CT molecular complexity index is 612. The number of benzene rings is 1. The van der Waals surface area contributed by atoms with Crippen molar-refractivity contribution in [3.63, 3.8) is 0 Å². The van der Waals surface area contributed by atoms with Gasteiger partial charge in [-0.2, -0.15) is 4.39 Å². The van der Waals surface area contributed by atoms with Crippen molar-refractivity contribution < 1.29 is 4.39 Å². The summed E-state index contributed by atoms with van der Waals surface area (Å²) in [4.78, 5) is 8.44. The van der Waals surface area contributed by atoms with Crippen LogP contribution >= 0.6 is 11.6 Å². The first-order chi connectivity index (χ1) is 10.2. The number of rotatable bonds is 3. The first-order valence-corrected chi connectivity index (χ1v) is 7.43. The predicted octanol–water partition coefficient (Wildman–Crippen LogP) is 3.20. The minimum absolute atomic E-state index is 0.422. The van der Waals surface area contributed by atoms with Crippen molar-refractivity contribution in [2.45, 2.75) is 6.54 Å². The third kappa shape index (κ3) is 3.71. The Hall–Kier alpha value is -1.65. The van der Waals surface area contributed by atoms with Crippen LogP contribution in [0.5, 0.6) is 0 Å². The molecule has 21 heavy (non-hydrogen) atoms.